The molecule has 1 aromatic carbocycles. The van der Waals surface area contributed by atoms with Crippen molar-refractivity contribution in [3.63, 3.8) is 0 Å². The molecule has 104 valence electrons. The first-order valence-corrected chi connectivity index (χ1v) is 6.22. The Balaban J connectivity index is 2.47. The molecule has 0 aliphatic heterocycles. The van der Waals surface area contributed by atoms with Crippen LogP contribution in [-0.2, 0) is 9.53 Å². The largest absolute Gasteiger partial charge is 0.504 e. The van der Waals surface area contributed by atoms with Gasteiger partial charge in [-0.15, -0.1) is 0 Å². The summed E-state index contributed by atoms with van der Waals surface area (Å²) in [6.07, 6.45) is 4.00. The van der Waals surface area contributed by atoms with Crippen molar-refractivity contribution in [1.29, 1.82) is 0 Å². The summed E-state index contributed by atoms with van der Waals surface area (Å²) >= 11 is 0. The summed E-state index contributed by atoms with van der Waals surface area (Å²) in [6, 6.07) is 5.02. The second-order valence-electron chi connectivity index (χ2n) is 4.61. The number of aromatic hydroxyl groups is 1. The molecule has 19 heavy (non-hydrogen) atoms. The lowest BCUT2D eigenvalue weighted by Crippen LogP contribution is -2.07. The van der Waals surface area contributed by atoms with Gasteiger partial charge in [0.25, 0.3) is 0 Å². The van der Waals surface area contributed by atoms with E-state index in [0.717, 1.165) is 5.56 Å². The Morgan fingerprint density at radius 3 is 2.79 bits per heavy atom. The second kappa shape index (κ2) is 7.46. The van der Waals surface area contributed by atoms with Gasteiger partial charge in [0.2, 0.25) is 0 Å². The topological polar surface area (TPSA) is 55.8 Å². The van der Waals surface area contributed by atoms with Crippen molar-refractivity contribution in [1.82, 2.24) is 0 Å². The maximum Gasteiger partial charge on any atom is 0.306 e. The molecule has 4 nitrogen and oxygen atoms in total. The predicted octanol–water partition coefficient (Wildman–Crippen LogP) is 3.00. The van der Waals surface area contributed by atoms with Crippen molar-refractivity contribution < 1.29 is 19.4 Å². The lowest BCUT2D eigenvalue weighted by atomic mass is 10.1. The van der Waals surface area contributed by atoms with E-state index in [1.54, 1.807) is 24.3 Å². The molecule has 0 aromatic heterocycles. The summed E-state index contributed by atoms with van der Waals surface area (Å²) in [6.45, 7) is 4.19. The van der Waals surface area contributed by atoms with E-state index in [2.05, 4.69) is 0 Å². The Kier molecular flexibility index (Phi) is 5.93. The van der Waals surface area contributed by atoms with Crippen molar-refractivity contribution in [3.05, 3.63) is 29.8 Å². The first kappa shape index (κ1) is 15.1. The van der Waals surface area contributed by atoms with Gasteiger partial charge >= 0.3 is 5.97 Å². The maximum absolute atomic E-state index is 11.3. The molecule has 0 atom stereocenters. The number of phenols is 1. The molecule has 1 aromatic rings. The van der Waals surface area contributed by atoms with Crippen LogP contribution in [0.25, 0.3) is 6.08 Å². The highest BCUT2D eigenvalue weighted by Gasteiger charge is 2.04. The van der Waals surface area contributed by atoms with E-state index in [0.29, 0.717) is 18.1 Å². The molecule has 0 aliphatic carbocycles. The number of methoxy groups -OCH3 is 1. The van der Waals surface area contributed by atoms with Crippen LogP contribution in [0.5, 0.6) is 11.5 Å². The van der Waals surface area contributed by atoms with Crippen LogP contribution < -0.4 is 4.74 Å². The van der Waals surface area contributed by atoms with E-state index in [1.165, 1.54) is 7.11 Å². The van der Waals surface area contributed by atoms with Crippen molar-refractivity contribution in [2.75, 3.05) is 13.7 Å². The van der Waals surface area contributed by atoms with Gasteiger partial charge in [-0.1, -0.05) is 26.0 Å². The van der Waals surface area contributed by atoms with Crippen LogP contribution in [0.1, 0.15) is 25.8 Å². The average Bonchev–Trinajstić information content (AvgIpc) is 2.35. The smallest absolute Gasteiger partial charge is 0.306 e. The monoisotopic (exact) mass is 264 g/mol. The predicted molar refractivity (Wildman–Crippen MR) is 74.1 cm³/mol. The van der Waals surface area contributed by atoms with Gasteiger partial charge in [0.15, 0.2) is 11.5 Å². The van der Waals surface area contributed by atoms with E-state index in [4.69, 9.17) is 9.47 Å². The third kappa shape index (κ3) is 5.46. The Hall–Kier alpha value is -1.97. The number of carbonyl (C=O) groups is 1. The molecule has 0 aliphatic rings. The molecule has 4 heteroatoms. The van der Waals surface area contributed by atoms with Crippen molar-refractivity contribution in [2.24, 2.45) is 5.92 Å². The molecular weight excluding hydrogens is 244 g/mol. The van der Waals surface area contributed by atoms with Crippen LogP contribution in [0.3, 0.4) is 0 Å². The minimum atomic E-state index is -0.192. The summed E-state index contributed by atoms with van der Waals surface area (Å²) < 4.78 is 10.1. The van der Waals surface area contributed by atoms with Crippen molar-refractivity contribution >= 4 is 12.0 Å². The van der Waals surface area contributed by atoms with Gasteiger partial charge in [0, 0.05) is 6.42 Å². The first-order valence-electron chi connectivity index (χ1n) is 6.22. The second-order valence-corrected chi connectivity index (χ2v) is 4.61. The van der Waals surface area contributed by atoms with E-state index < -0.39 is 0 Å². The lowest BCUT2D eigenvalue weighted by Gasteiger charge is -2.05. The van der Waals surface area contributed by atoms with E-state index in [9.17, 15) is 9.90 Å². The van der Waals surface area contributed by atoms with Gasteiger partial charge in [0.05, 0.1) is 7.11 Å². The fraction of sp³-hybridized carbons (Fsp3) is 0.400. The Morgan fingerprint density at radius 2 is 2.16 bits per heavy atom. The number of ether oxygens (including phenoxy) is 2. The standard InChI is InChI=1S/C15H20O4/c1-11(2)9-15(17)19-8-4-5-12-6-7-13(16)14(10-12)18-3/h4-7,10-11,16H,8-9H2,1-3H3. The molecule has 0 bridgehead atoms. The fourth-order valence-corrected chi connectivity index (χ4v) is 1.52. The highest BCUT2D eigenvalue weighted by Crippen LogP contribution is 2.26. The third-order valence-electron chi connectivity index (χ3n) is 2.43. The average molecular weight is 264 g/mol. The summed E-state index contributed by atoms with van der Waals surface area (Å²) in [5, 5.41) is 9.44. The van der Waals surface area contributed by atoms with Crippen LogP contribution in [0.15, 0.2) is 24.3 Å². The van der Waals surface area contributed by atoms with Gasteiger partial charge < -0.3 is 14.6 Å². The number of benzene rings is 1. The zero-order valence-corrected chi connectivity index (χ0v) is 11.6. The van der Waals surface area contributed by atoms with Crippen LogP contribution >= 0.6 is 0 Å². The summed E-state index contributed by atoms with van der Waals surface area (Å²) in [5.41, 5.74) is 0.870. The number of esters is 1. The molecule has 0 unspecified atom stereocenters. The van der Waals surface area contributed by atoms with E-state index in [-0.39, 0.29) is 18.3 Å². The maximum atomic E-state index is 11.3. The molecule has 0 fully saturated rings. The third-order valence-corrected chi connectivity index (χ3v) is 2.43. The molecule has 0 radical (unpaired) electrons. The van der Waals surface area contributed by atoms with Gasteiger partial charge in [0.1, 0.15) is 6.61 Å². The quantitative estimate of drug-likeness (QED) is 0.802. The minimum absolute atomic E-state index is 0.100. The Morgan fingerprint density at radius 1 is 1.42 bits per heavy atom. The Labute approximate surface area is 113 Å². The van der Waals surface area contributed by atoms with Gasteiger partial charge in [-0.25, -0.2) is 0 Å². The van der Waals surface area contributed by atoms with Crippen LogP contribution in [-0.4, -0.2) is 24.8 Å². The van der Waals surface area contributed by atoms with Crippen molar-refractivity contribution in [2.45, 2.75) is 20.3 Å². The van der Waals surface area contributed by atoms with Gasteiger partial charge in [-0.2, -0.15) is 0 Å². The zero-order valence-electron chi connectivity index (χ0n) is 11.6. The summed E-state index contributed by atoms with van der Waals surface area (Å²) in [5.74, 6) is 0.628. The zero-order chi connectivity index (χ0) is 14.3. The minimum Gasteiger partial charge on any atom is -0.504 e. The van der Waals surface area contributed by atoms with E-state index in [1.807, 2.05) is 19.9 Å². The first-order chi connectivity index (χ1) is 9.02. The molecule has 0 amide bonds. The fourth-order valence-electron chi connectivity index (χ4n) is 1.52. The molecule has 1 N–H and O–H groups in total. The molecule has 0 saturated carbocycles. The van der Waals surface area contributed by atoms with Gasteiger partial charge in [-0.3, -0.25) is 4.79 Å². The molecule has 1 rings (SSSR count). The number of carbonyl (C=O) groups excluding carboxylic acids is 1. The number of hydrogen-bond donors (Lipinski definition) is 1. The van der Waals surface area contributed by atoms with Crippen LogP contribution in [0, 0.1) is 5.92 Å². The Bertz CT molecular complexity index is 449. The number of hydrogen-bond acceptors (Lipinski definition) is 4. The highest BCUT2D eigenvalue weighted by atomic mass is 16.5. The van der Waals surface area contributed by atoms with Crippen LogP contribution in [0.2, 0.25) is 0 Å². The molecule has 0 heterocycles. The van der Waals surface area contributed by atoms with Crippen LogP contribution in [0.4, 0.5) is 0 Å². The van der Waals surface area contributed by atoms with Crippen molar-refractivity contribution in [3.8, 4) is 11.5 Å². The molecular formula is C15H20O4. The molecule has 0 spiro atoms. The number of rotatable bonds is 6. The van der Waals surface area contributed by atoms with Gasteiger partial charge in [-0.05, 0) is 29.7 Å². The summed E-state index contributed by atoms with van der Waals surface area (Å²) in [4.78, 5) is 11.3. The normalized spacial score (nSPS) is 10.9. The highest BCUT2D eigenvalue weighted by molar-refractivity contribution is 5.69. The molecule has 0 saturated heterocycles. The summed E-state index contributed by atoms with van der Waals surface area (Å²) in [7, 11) is 1.50. The lowest BCUT2D eigenvalue weighted by molar-refractivity contribution is -0.143. The van der Waals surface area contributed by atoms with E-state index >= 15 is 0 Å². The number of phenolic OH excluding ortho intramolecular Hbond substituents is 1. The SMILES string of the molecule is COc1cc(C=CCOC(=O)CC(C)C)ccc1O.